The minimum absolute atomic E-state index is 0.104. The van der Waals surface area contributed by atoms with E-state index in [-0.39, 0.29) is 28.7 Å². The zero-order valence-electron chi connectivity index (χ0n) is 19.6. The van der Waals surface area contributed by atoms with Gasteiger partial charge < -0.3 is 14.5 Å². The van der Waals surface area contributed by atoms with Crippen molar-refractivity contribution in [2.45, 2.75) is 12.5 Å². The standard InChI is InChI=1S/C28H20N2O7/c1-36-27(34)21-15-17-14-18(11-12-23(17)37-28(21)35)29-24(31)22(13-16-7-3-2-4-8-16)30-25(32)19-9-5-6-10-20(19)26(30)33/h2-12,14-15,22H,13H2,1H3,(H,29,31)/t22-/m0/s1. The van der Waals surface area contributed by atoms with Crippen LogP contribution in [0.5, 0.6) is 0 Å². The van der Waals surface area contributed by atoms with Gasteiger partial charge in [-0.2, -0.15) is 0 Å². The van der Waals surface area contributed by atoms with E-state index in [9.17, 15) is 24.0 Å². The molecule has 0 spiro atoms. The van der Waals surface area contributed by atoms with Crippen LogP contribution >= 0.6 is 0 Å². The molecular formula is C28H20N2O7. The summed E-state index contributed by atoms with van der Waals surface area (Å²) in [4.78, 5) is 64.8. The lowest BCUT2D eigenvalue weighted by molar-refractivity contribution is -0.119. The van der Waals surface area contributed by atoms with Crippen LogP contribution in [0.15, 0.2) is 88.1 Å². The molecule has 1 aliphatic heterocycles. The number of nitrogens with zero attached hydrogens (tertiary/aromatic N) is 1. The van der Waals surface area contributed by atoms with Gasteiger partial charge in [-0.25, -0.2) is 9.59 Å². The van der Waals surface area contributed by atoms with Crippen molar-refractivity contribution in [3.05, 3.63) is 112 Å². The number of esters is 1. The maximum Gasteiger partial charge on any atom is 0.351 e. The first-order valence-electron chi connectivity index (χ1n) is 11.4. The molecule has 1 aliphatic rings. The predicted molar refractivity (Wildman–Crippen MR) is 133 cm³/mol. The van der Waals surface area contributed by atoms with Crippen molar-refractivity contribution in [1.29, 1.82) is 0 Å². The molecule has 3 aromatic carbocycles. The third-order valence-corrected chi connectivity index (χ3v) is 6.12. The van der Waals surface area contributed by atoms with Crippen LogP contribution in [0.3, 0.4) is 0 Å². The van der Waals surface area contributed by atoms with Crippen molar-refractivity contribution in [3.63, 3.8) is 0 Å². The van der Waals surface area contributed by atoms with Crippen molar-refractivity contribution in [1.82, 2.24) is 4.90 Å². The van der Waals surface area contributed by atoms with E-state index in [4.69, 9.17) is 4.42 Å². The average molecular weight is 496 g/mol. The molecule has 4 aromatic rings. The normalized spacial score (nSPS) is 13.4. The second-order valence-electron chi connectivity index (χ2n) is 8.41. The quantitative estimate of drug-likeness (QED) is 0.246. The number of amides is 3. The van der Waals surface area contributed by atoms with Crippen LogP contribution in [-0.2, 0) is 16.0 Å². The van der Waals surface area contributed by atoms with Crippen LogP contribution < -0.4 is 10.9 Å². The van der Waals surface area contributed by atoms with Gasteiger partial charge in [0.25, 0.3) is 11.8 Å². The minimum atomic E-state index is -1.13. The number of ether oxygens (including phenoxy) is 1. The molecule has 9 nitrogen and oxygen atoms in total. The zero-order chi connectivity index (χ0) is 26.1. The molecule has 0 unspecified atom stereocenters. The maximum atomic E-state index is 13.6. The highest BCUT2D eigenvalue weighted by Gasteiger charge is 2.42. The highest BCUT2D eigenvalue weighted by molar-refractivity contribution is 6.23. The number of carbonyl (C=O) groups is 4. The molecule has 1 atom stereocenters. The molecule has 0 bridgehead atoms. The van der Waals surface area contributed by atoms with Crippen LogP contribution in [0.25, 0.3) is 11.0 Å². The molecule has 184 valence electrons. The lowest BCUT2D eigenvalue weighted by Crippen LogP contribution is -2.48. The van der Waals surface area contributed by atoms with Crippen molar-refractivity contribution in [2.24, 2.45) is 0 Å². The minimum Gasteiger partial charge on any atom is -0.465 e. The van der Waals surface area contributed by atoms with Crippen LogP contribution in [-0.4, -0.2) is 41.7 Å². The summed E-state index contributed by atoms with van der Waals surface area (Å²) < 4.78 is 9.80. The fourth-order valence-electron chi connectivity index (χ4n) is 4.31. The molecule has 5 rings (SSSR count). The number of methoxy groups -OCH3 is 1. The largest absolute Gasteiger partial charge is 0.465 e. The van der Waals surface area contributed by atoms with Crippen LogP contribution in [0.2, 0.25) is 0 Å². The molecule has 3 amide bonds. The highest BCUT2D eigenvalue weighted by atomic mass is 16.5. The molecule has 9 heteroatoms. The topological polar surface area (TPSA) is 123 Å². The molecule has 0 fully saturated rings. The Bertz CT molecular complexity index is 1590. The van der Waals surface area contributed by atoms with Gasteiger partial charge in [0, 0.05) is 17.5 Å². The Morgan fingerprint density at radius 2 is 1.54 bits per heavy atom. The fourth-order valence-corrected chi connectivity index (χ4v) is 4.31. The summed E-state index contributed by atoms with van der Waals surface area (Å²) in [5, 5.41) is 3.13. The third-order valence-electron chi connectivity index (χ3n) is 6.12. The Balaban J connectivity index is 1.49. The number of benzene rings is 3. The van der Waals surface area contributed by atoms with Crippen molar-refractivity contribution in [3.8, 4) is 0 Å². The summed E-state index contributed by atoms with van der Waals surface area (Å²) in [5.74, 6) is -2.51. The monoisotopic (exact) mass is 496 g/mol. The number of anilines is 1. The van der Waals surface area contributed by atoms with Gasteiger partial charge in [-0.3, -0.25) is 19.3 Å². The number of hydrogen-bond donors (Lipinski definition) is 1. The number of imide groups is 1. The number of hydrogen-bond acceptors (Lipinski definition) is 7. The Hall–Kier alpha value is -5.05. The summed E-state index contributed by atoms with van der Waals surface area (Å²) in [6, 6.07) is 20.2. The van der Waals surface area contributed by atoms with E-state index < -0.39 is 35.4 Å². The van der Waals surface area contributed by atoms with Gasteiger partial charge >= 0.3 is 11.6 Å². The third kappa shape index (κ3) is 4.38. The molecule has 1 N–H and O–H groups in total. The van der Waals surface area contributed by atoms with E-state index in [1.165, 1.54) is 24.3 Å². The van der Waals surface area contributed by atoms with E-state index in [0.29, 0.717) is 11.1 Å². The number of carbonyl (C=O) groups excluding carboxylic acids is 4. The van der Waals surface area contributed by atoms with Crippen LogP contribution in [0, 0.1) is 0 Å². The van der Waals surface area contributed by atoms with Gasteiger partial charge in [-0.1, -0.05) is 42.5 Å². The number of fused-ring (bicyclic) bond motifs is 2. The van der Waals surface area contributed by atoms with Gasteiger partial charge in [0.2, 0.25) is 5.91 Å². The molecule has 0 saturated heterocycles. The van der Waals surface area contributed by atoms with E-state index in [2.05, 4.69) is 10.1 Å². The molecular weight excluding hydrogens is 476 g/mol. The van der Waals surface area contributed by atoms with Gasteiger partial charge in [0.15, 0.2) is 0 Å². The fraction of sp³-hybridized carbons (Fsp3) is 0.107. The molecule has 0 aliphatic carbocycles. The van der Waals surface area contributed by atoms with Crippen molar-refractivity contribution < 1.29 is 28.3 Å². The Morgan fingerprint density at radius 1 is 0.892 bits per heavy atom. The van der Waals surface area contributed by atoms with E-state index in [1.54, 1.807) is 24.3 Å². The molecule has 1 aromatic heterocycles. The Labute approximate surface area is 210 Å². The second kappa shape index (κ2) is 9.54. The van der Waals surface area contributed by atoms with Crippen LogP contribution in [0.4, 0.5) is 5.69 Å². The van der Waals surface area contributed by atoms with Crippen molar-refractivity contribution in [2.75, 3.05) is 12.4 Å². The predicted octanol–water partition coefficient (Wildman–Crippen LogP) is 3.43. The Morgan fingerprint density at radius 3 is 2.19 bits per heavy atom. The summed E-state index contributed by atoms with van der Waals surface area (Å²) in [5.41, 5.74) is 0.649. The lowest BCUT2D eigenvalue weighted by Gasteiger charge is -2.25. The van der Waals surface area contributed by atoms with Gasteiger partial charge in [-0.05, 0) is 42.0 Å². The van der Waals surface area contributed by atoms with Gasteiger partial charge in [-0.15, -0.1) is 0 Å². The van der Waals surface area contributed by atoms with E-state index in [1.807, 2.05) is 30.3 Å². The molecule has 2 heterocycles. The van der Waals surface area contributed by atoms with Gasteiger partial charge in [0.05, 0.1) is 18.2 Å². The first-order valence-corrected chi connectivity index (χ1v) is 11.4. The van der Waals surface area contributed by atoms with Crippen LogP contribution in [0.1, 0.15) is 36.6 Å². The summed E-state index contributed by atoms with van der Waals surface area (Å²) in [6.07, 6.45) is 0.104. The number of rotatable bonds is 6. The summed E-state index contributed by atoms with van der Waals surface area (Å²) in [6.45, 7) is 0. The van der Waals surface area contributed by atoms with Gasteiger partial charge in [0.1, 0.15) is 17.2 Å². The molecule has 0 saturated carbocycles. The first-order chi connectivity index (χ1) is 17.9. The first kappa shape index (κ1) is 23.7. The Kier molecular flexibility index (Phi) is 6.10. The summed E-state index contributed by atoms with van der Waals surface area (Å²) >= 11 is 0. The van der Waals surface area contributed by atoms with E-state index >= 15 is 0 Å². The molecule has 0 radical (unpaired) electrons. The average Bonchev–Trinajstić information content (AvgIpc) is 3.16. The maximum absolute atomic E-state index is 13.6. The lowest BCUT2D eigenvalue weighted by atomic mass is 10.0. The smallest absolute Gasteiger partial charge is 0.351 e. The number of nitrogens with one attached hydrogen (secondary N) is 1. The summed E-state index contributed by atoms with van der Waals surface area (Å²) in [7, 11) is 1.15. The highest BCUT2D eigenvalue weighted by Crippen LogP contribution is 2.27. The second-order valence-corrected chi connectivity index (χ2v) is 8.41. The molecule has 37 heavy (non-hydrogen) atoms. The van der Waals surface area contributed by atoms with E-state index in [0.717, 1.165) is 17.6 Å². The zero-order valence-corrected chi connectivity index (χ0v) is 19.6. The van der Waals surface area contributed by atoms with Crippen molar-refractivity contribution >= 4 is 40.3 Å². The SMILES string of the molecule is COC(=O)c1cc2cc(NC(=O)[C@H](Cc3ccccc3)N3C(=O)c4ccccc4C3=O)ccc2oc1=O.